The number of aromatic nitrogens is 1. The van der Waals surface area contributed by atoms with Gasteiger partial charge >= 0.3 is 0 Å². The van der Waals surface area contributed by atoms with E-state index in [1.54, 1.807) is 0 Å². The fraction of sp³-hybridized carbons (Fsp3) is 0.400. The van der Waals surface area contributed by atoms with Crippen LogP contribution in [-0.2, 0) is 0 Å². The molecule has 0 saturated heterocycles. The van der Waals surface area contributed by atoms with Crippen LogP contribution in [-0.4, -0.2) is 12.8 Å². The van der Waals surface area contributed by atoms with Crippen molar-refractivity contribution in [3.05, 3.63) is 10.7 Å². The van der Waals surface area contributed by atoms with Gasteiger partial charge in [0.15, 0.2) is 0 Å². The van der Waals surface area contributed by atoms with Gasteiger partial charge in [-0.05, 0) is 18.6 Å². The molecule has 2 radical (unpaired) electrons. The van der Waals surface area contributed by atoms with Gasteiger partial charge in [0, 0.05) is 36.8 Å². The van der Waals surface area contributed by atoms with E-state index in [4.69, 9.17) is 7.85 Å². The van der Waals surface area contributed by atoms with Gasteiger partial charge in [0.2, 0.25) is 0 Å². The predicted molar refractivity (Wildman–Crippen MR) is 37.0 cm³/mol. The van der Waals surface area contributed by atoms with Crippen LogP contribution in [0.4, 0.5) is 0 Å². The number of hydrogen-bond donors (Lipinski definition) is 0. The fourth-order valence-electron chi connectivity index (χ4n) is 0.547. The zero-order chi connectivity index (χ0) is 6.15. The second kappa shape index (κ2) is 3.80. The molecule has 0 spiro atoms. The van der Waals surface area contributed by atoms with Gasteiger partial charge in [0.1, 0.15) is 7.85 Å². The van der Waals surface area contributed by atoms with Crippen LogP contribution >= 0.6 is 11.3 Å². The largest absolute Gasteiger partial charge is 0.248 e. The van der Waals surface area contributed by atoms with E-state index in [2.05, 4.69) is 4.98 Å². The molecule has 0 aromatic carbocycles. The Labute approximate surface area is 84.1 Å². The number of hydrogen-bond acceptors (Lipinski definition) is 2. The average Bonchev–Trinajstić information content (AvgIpc) is 1.85. The molecular formula is C5H6BNSU. The summed E-state index contributed by atoms with van der Waals surface area (Å²) in [5.41, 5.74) is 0.951. The van der Waals surface area contributed by atoms with Crippen molar-refractivity contribution < 1.29 is 31.1 Å². The molecule has 1 heterocycles. The van der Waals surface area contributed by atoms with Crippen molar-refractivity contribution in [2.75, 3.05) is 0 Å². The molecule has 0 amide bonds. The molecule has 0 N–H and O–H groups in total. The normalized spacial score (nSPS) is 8.67. The second-order valence-corrected chi connectivity index (χ2v) is 2.92. The number of nitrogens with zero attached hydrogens (tertiary/aromatic N) is 1. The SMILES string of the molecule is [B]c1sc(C)nc1C.[U]. The molecule has 1 aromatic rings. The minimum atomic E-state index is 0. The summed E-state index contributed by atoms with van der Waals surface area (Å²) in [5, 5.41) is 1.04. The van der Waals surface area contributed by atoms with E-state index in [0.717, 1.165) is 15.5 Å². The van der Waals surface area contributed by atoms with E-state index in [1.807, 2.05) is 13.8 Å². The molecule has 0 aliphatic rings. The molecule has 0 aliphatic carbocycles. The van der Waals surface area contributed by atoms with Crippen molar-refractivity contribution in [1.29, 1.82) is 0 Å². The maximum Gasteiger partial charge on any atom is 0.131 e. The molecule has 0 aliphatic heterocycles. The minimum Gasteiger partial charge on any atom is -0.248 e. The number of rotatable bonds is 0. The van der Waals surface area contributed by atoms with Crippen molar-refractivity contribution in [1.82, 2.24) is 4.98 Å². The van der Waals surface area contributed by atoms with Gasteiger partial charge in [-0.2, -0.15) is 0 Å². The summed E-state index contributed by atoms with van der Waals surface area (Å²) < 4.78 is 0.836. The van der Waals surface area contributed by atoms with Crippen LogP contribution in [0.2, 0.25) is 0 Å². The Morgan fingerprint density at radius 2 is 2.00 bits per heavy atom. The minimum absolute atomic E-state index is 0. The van der Waals surface area contributed by atoms with E-state index >= 15 is 0 Å². The van der Waals surface area contributed by atoms with Crippen molar-refractivity contribution in [2.45, 2.75) is 13.8 Å². The number of aryl methyl sites for hydroxylation is 2. The van der Waals surface area contributed by atoms with E-state index in [1.165, 1.54) is 11.3 Å². The van der Waals surface area contributed by atoms with Gasteiger partial charge in [-0.15, -0.1) is 11.3 Å². The molecule has 0 atom stereocenters. The molecule has 4 heteroatoms. The second-order valence-electron chi connectivity index (χ2n) is 1.68. The molecule has 0 saturated carbocycles. The quantitative estimate of drug-likeness (QED) is 0.616. The summed E-state index contributed by atoms with van der Waals surface area (Å²) in [6.07, 6.45) is 0. The molecule has 0 unspecified atom stereocenters. The van der Waals surface area contributed by atoms with Crippen LogP contribution in [0.25, 0.3) is 0 Å². The summed E-state index contributed by atoms with van der Waals surface area (Å²) in [5.74, 6) is 0. The Balaban J connectivity index is 0.000000640. The predicted octanol–water partition coefficient (Wildman–Crippen LogP) is 0.554. The third kappa shape index (κ3) is 2.45. The van der Waals surface area contributed by atoms with Crippen LogP contribution in [0.5, 0.6) is 0 Å². The monoisotopic (exact) mass is 361 g/mol. The van der Waals surface area contributed by atoms with Crippen molar-refractivity contribution in [2.24, 2.45) is 0 Å². The van der Waals surface area contributed by atoms with Crippen LogP contribution in [0.15, 0.2) is 0 Å². The van der Waals surface area contributed by atoms with Crippen LogP contribution in [0.3, 0.4) is 0 Å². The van der Waals surface area contributed by atoms with Crippen LogP contribution in [0.1, 0.15) is 10.7 Å². The average molecular weight is 361 g/mol. The Morgan fingerprint density at radius 1 is 1.44 bits per heavy atom. The summed E-state index contributed by atoms with van der Waals surface area (Å²) in [7, 11) is 5.50. The van der Waals surface area contributed by atoms with E-state index in [0.29, 0.717) is 0 Å². The molecule has 1 nitrogen and oxygen atoms in total. The molecule has 44 valence electrons. The number of thiazole rings is 1. The zero-order valence-corrected chi connectivity index (χ0v) is 10.4. The van der Waals surface area contributed by atoms with Crippen LogP contribution in [0, 0.1) is 45.0 Å². The molecule has 1 rings (SSSR count). The molecule has 0 bridgehead atoms. The Hall–Kier alpha value is 0.747. The Morgan fingerprint density at radius 3 is 2.11 bits per heavy atom. The van der Waals surface area contributed by atoms with E-state index in [9.17, 15) is 0 Å². The first kappa shape index (κ1) is 9.75. The summed E-state index contributed by atoms with van der Waals surface area (Å²) in [6, 6.07) is 0. The van der Waals surface area contributed by atoms with Gasteiger partial charge in [-0.1, -0.05) is 0 Å². The van der Waals surface area contributed by atoms with E-state index in [-0.39, 0.29) is 31.1 Å². The third-order valence-corrected chi connectivity index (χ3v) is 1.84. The Bertz CT molecular complexity index is 179. The summed E-state index contributed by atoms with van der Waals surface area (Å²) >= 11 is 1.54. The molecular weight excluding hydrogens is 355 g/mol. The summed E-state index contributed by atoms with van der Waals surface area (Å²) in [6.45, 7) is 3.87. The first-order valence-electron chi connectivity index (χ1n) is 2.39. The molecule has 0 fully saturated rings. The third-order valence-electron chi connectivity index (χ3n) is 0.939. The van der Waals surface area contributed by atoms with Crippen molar-refractivity contribution in [3.8, 4) is 0 Å². The smallest absolute Gasteiger partial charge is 0.131 e. The van der Waals surface area contributed by atoms with Crippen LogP contribution < -0.4 is 4.78 Å². The standard InChI is InChI=1S/C5H6BNS.U/c1-3-5(6)8-4(2)7-3;/h1-2H3;. The first-order valence-corrected chi connectivity index (χ1v) is 3.21. The molecule has 1 aromatic heterocycles. The first-order chi connectivity index (χ1) is 3.70. The van der Waals surface area contributed by atoms with Gasteiger partial charge in [-0.3, -0.25) is 0 Å². The maximum atomic E-state index is 5.50. The Kier molecular flexibility index (Phi) is 4.12. The van der Waals surface area contributed by atoms with Gasteiger partial charge in [-0.25, -0.2) is 4.98 Å². The topological polar surface area (TPSA) is 12.9 Å². The zero-order valence-electron chi connectivity index (χ0n) is 5.43. The maximum absolute atomic E-state index is 5.50. The van der Waals surface area contributed by atoms with Gasteiger partial charge in [0.25, 0.3) is 0 Å². The molecule has 9 heavy (non-hydrogen) atoms. The van der Waals surface area contributed by atoms with Gasteiger partial charge in [0.05, 0.1) is 5.01 Å². The summed E-state index contributed by atoms with van der Waals surface area (Å²) in [4.78, 5) is 4.10. The fourth-order valence-corrected chi connectivity index (χ4v) is 1.24. The van der Waals surface area contributed by atoms with E-state index < -0.39 is 0 Å². The van der Waals surface area contributed by atoms with Gasteiger partial charge < -0.3 is 0 Å². The van der Waals surface area contributed by atoms with Crippen molar-refractivity contribution in [3.63, 3.8) is 0 Å². The van der Waals surface area contributed by atoms with Crippen molar-refractivity contribution >= 4 is 24.0 Å².